The molecule has 1 aromatic carbocycles. The van der Waals surface area contributed by atoms with Gasteiger partial charge in [-0.15, -0.1) is 0 Å². The molecule has 0 heterocycles. The van der Waals surface area contributed by atoms with Crippen LogP contribution < -0.4 is 20.1 Å². The first-order valence-electron chi connectivity index (χ1n) is 7.03. The molecule has 0 bridgehead atoms. The van der Waals surface area contributed by atoms with Crippen LogP contribution in [0.4, 0.5) is 22.0 Å². The van der Waals surface area contributed by atoms with E-state index >= 15 is 0 Å². The molecule has 0 aliphatic rings. The molecule has 2 amide bonds. The van der Waals surface area contributed by atoms with Gasteiger partial charge in [-0.1, -0.05) is 12.1 Å². The highest BCUT2D eigenvalue weighted by Gasteiger charge is 2.27. The van der Waals surface area contributed by atoms with Gasteiger partial charge in [0.1, 0.15) is 6.54 Å². The third-order valence-electron chi connectivity index (χ3n) is 2.76. The van der Waals surface area contributed by atoms with Gasteiger partial charge in [0.05, 0.1) is 13.7 Å². The second kappa shape index (κ2) is 9.59. The second-order valence-corrected chi connectivity index (χ2v) is 4.70. The fraction of sp³-hybridized carbons (Fsp3) is 0.333. The van der Waals surface area contributed by atoms with Crippen LogP contribution in [0.5, 0.6) is 11.5 Å². The topological polar surface area (TPSA) is 76.7 Å². The van der Waals surface area contributed by atoms with E-state index < -0.39 is 37.7 Å². The molecule has 0 saturated heterocycles. The molecule has 1 rings (SSSR count). The van der Waals surface area contributed by atoms with Crippen molar-refractivity contribution in [1.29, 1.82) is 0 Å². The van der Waals surface area contributed by atoms with Gasteiger partial charge >= 0.3 is 12.8 Å². The van der Waals surface area contributed by atoms with Crippen LogP contribution in [-0.4, -0.2) is 44.8 Å². The number of amides is 2. The van der Waals surface area contributed by atoms with Gasteiger partial charge in [0.2, 0.25) is 11.8 Å². The van der Waals surface area contributed by atoms with E-state index in [4.69, 9.17) is 4.74 Å². The van der Waals surface area contributed by atoms with Crippen LogP contribution in [0.25, 0.3) is 6.08 Å². The van der Waals surface area contributed by atoms with Gasteiger partial charge < -0.3 is 20.1 Å². The largest absolute Gasteiger partial charge is 0.493 e. The van der Waals surface area contributed by atoms with E-state index in [-0.39, 0.29) is 17.1 Å². The minimum atomic E-state index is -4.56. The van der Waals surface area contributed by atoms with Crippen molar-refractivity contribution in [3.8, 4) is 11.5 Å². The number of carbonyl (C=O) groups excluding carboxylic acids is 2. The van der Waals surface area contributed by atoms with Crippen molar-refractivity contribution in [3.05, 3.63) is 29.8 Å². The lowest BCUT2D eigenvalue weighted by atomic mass is 10.1. The second-order valence-electron chi connectivity index (χ2n) is 4.70. The zero-order valence-corrected chi connectivity index (χ0v) is 13.4. The van der Waals surface area contributed by atoms with Crippen molar-refractivity contribution >= 4 is 17.9 Å². The van der Waals surface area contributed by atoms with Crippen LogP contribution in [-0.2, 0) is 9.59 Å². The lowest BCUT2D eigenvalue weighted by Gasteiger charge is -2.12. The summed E-state index contributed by atoms with van der Waals surface area (Å²) in [5.74, 6) is -2.14. The number of alkyl halides is 5. The van der Waals surface area contributed by atoms with Gasteiger partial charge in [0.15, 0.2) is 11.5 Å². The first-order chi connectivity index (χ1) is 12.1. The Balaban J connectivity index is 2.67. The maximum atomic E-state index is 12.5. The highest BCUT2D eigenvalue weighted by atomic mass is 19.4. The third kappa shape index (κ3) is 7.81. The number of carbonyl (C=O) groups is 2. The molecule has 0 spiro atoms. The number of hydrogen-bond acceptors (Lipinski definition) is 4. The summed E-state index contributed by atoms with van der Waals surface area (Å²) in [6, 6.07) is 4.22. The summed E-state index contributed by atoms with van der Waals surface area (Å²) in [7, 11) is 1.24. The van der Waals surface area contributed by atoms with Crippen LogP contribution in [0.2, 0.25) is 0 Å². The summed E-state index contributed by atoms with van der Waals surface area (Å²) in [4.78, 5) is 22.7. The lowest BCUT2D eigenvalue weighted by Crippen LogP contribution is -2.40. The van der Waals surface area contributed by atoms with Crippen molar-refractivity contribution in [2.45, 2.75) is 12.8 Å². The zero-order chi connectivity index (χ0) is 19.7. The average molecular weight is 382 g/mol. The third-order valence-corrected chi connectivity index (χ3v) is 2.76. The highest BCUT2D eigenvalue weighted by Crippen LogP contribution is 2.33. The molecule has 0 atom stereocenters. The number of ether oxygens (including phenoxy) is 2. The molecule has 1 aromatic rings. The molecular formula is C15H15F5N2O4. The molecule has 0 saturated carbocycles. The van der Waals surface area contributed by atoms with E-state index in [9.17, 15) is 31.5 Å². The van der Waals surface area contributed by atoms with Gasteiger partial charge in [0, 0.05) is 11.6 Å². The van der Waals surface area contributed by atoms with Gasteiger partial charge in [-0.2, -0.15) is 22.0 Å². The molecular weight excluding hydrogens is 367 g/mol. The maximum Gasteiger partial charge on any atom is 0.405 e. The van der Waals surface area contributed by atoms with Gasteiger partial charge in [-0.05, 0) is 12.1 Å². The predicted molar refractivity (Wildman–Crippen MR) is 80.7 cm³/mol. The number of nitrogens with one attached hydrogen (secondary N) is 2. The molecule has 0 aliphatic heterocycles. The number of hydrogen-bond donors (Lipinski definition) is 2. The smallest absolute Gasteiger partial charge is 0.405 e. The molecule has 0 fully saturated rings. The molecule has 0 aliphatic carbocycles. The zero-order valence-electron chi connectivity index (χ0n) is 13.4. The molecule has 0 radical (unpaired) electrons. The Bertz CT molecular complexity index is 662. The highest BCUT2D eigenvalue weighted by molar-refractivity contribution is 5.94. The van der Waals surface area contributed by atoms with Crippen molar-refractivity contribution < 1.29 is 41.0 Å². The van der Waals surface area contributed by atoms with E-state index in [1.54, 1.807) is 5.32 Å². The Morgan fingerprint density at radius 2 is 1.92 bits per heavy atom. The number of para-hydroxylation sites is 1. The van der Waals surface area contributed by atoms with Gasteiger partial charge in [0.25, 0.3) is 0 Å². The first-order valence-corrected chi connectivity index (χ1v) is 7.03. The van der Waals surface area contributed by atoms with E-state index in [1.807, 2.05) is 0 Å². The van der Waals surface area contributed by atoms with E-state index in [2.05, 4.69) is 10.1 Å². The van der Waals surface area contributed by atoms with Crippen molar-refractivity contribution in [3.63, 3.8) is 0 Å². The minimum Gasteiger partial charge on any atom is -0.493 e. The van der Waals surface area contributed by atoms with E-state index in [0.717, 1.165) is 12.2 Å². The number of methoxy groups -OCH3 is 1. The fourth-order valence-electron chi connectivity index (χ4n) is 1.69. The molecule has 26 heavy (non-hydrogen) atoms. The monoisotopic (exact) mass is 382 g/mol. The van der Waals surface area contributed by atoms with Crippen LogP contribution in [0, 0.1) is 0 Å². The molecule has 144 valence electrons. The molecule has 6 nitrogen and oxygen atoms in total. The van der Waals surface area contributed by atoms with Crippen LogP contribution in [0.15, 0.2) is 24.3 Å². The summed E-state index contributed by atoms with van der Waals surface area (Å²) >= 11 is 0. The maximum absolute atomic E-state index is 12.5. The Morgan fingerprint density at radius 3 is 2.50 bits per heavy atom. The quantitative estimate of drug-likeness (QED) is 0.533. The Hall–Kier alpha value is -2.85. The fourth-order valence-corrected chi connectivity index (χ4v) is 1.69. The lowest BCUT2D eigenvalue weighted by molar-refractivity contribution is -0.138. The standard InChI is InChI=1S/C15H15F5N2O4/c1-25-10-4-2-3-9(13(10)26-14(16)17)5-6-11(23)21-7-12(24)22-8-15(18,19)20/h2-6,14H,7-8H2,1H3,(H,21,23)(H,22,24)/b6-5+. The molecule has 0 unspecified atom stereocenters. The number of benzene rings is 1. The Labute approximate surface area is 145 Å². The van der Waals surface area contributed by atoms with Crippen molar-refractivity contribution in [1.82, 2.24) is 10.6 Å². The first kappa shape index (κ1) is 21.2. The van der Waals surface area contributed by atoms with Crippen LogP contribution in [0.3, 0.4) is 0 Å². The molecule has 0 aromatic heterocycles. The van der Waals surface area contributed by atoms with Gasteiger partial charge in [-0.25, -0.2) is 0 Å². The molecule has 11 heteroatoms. The number of halogens is 5. The predicted octanol–water partition coefficient (Wildman–Crippen LogP) is 2.10. The summed E-state index contributed by atoms with van der Waals surface area (Å²) < 4.78 is 70.0. The SMILES string of the molecule is COc1cccc(/C=C/C(=O)NCC(=O)NCC(F)(F)F)c1OC(F)F. The van der Waals surface area contributed by atoms with Crippen molar-refractivity contribution in [2.75, 3.05) is 20.2 Å². The summed E-state index contributed by atoms with van der Waals surface area (Å²) in [6.07, 6.45) is -2.53. The summed E-state index contributed by atoms with van der Waals surface area (Å²) in [5.41, 5.74) is 0.0984. The molecule has 2 N–H and O–H groups in total. The van der Waals surface area contributed by atoms with Crippen molar-refractivity contribution in [2.24, 2.45) is 0 Å². The Morgan fingerprint density at radius 1 is 1.23 bits per heavy atom. The van der Waals surface area contributed by atoms with Crippen LogP contribution >= 0.6 is 0 Å². The Kier molecular flexibility index (Phi) is 7.81. The van der Waals surface area contributed by atoms with E-state index in [1.165, 1.54) is 25.3 Å². The minimum absolute atomic E-state index is 0.0133. The van der Waals surface area contributed by atoms with Gasteiger partial charge in [-0.3, -0.25) is 9.59 Å². The normalized spacial score (nSPS) is 11.5. The average Bonchev–Trinajstić information content (AvgIpc) is 2.56. The summed E-state index contributed by atoms with van der Waals surface area (Å²) in [5, 5.41) is 3.63. The van der Waals surface area contributed by atoms with E-state index in [0.29, 0.717) is 0 Å². The number of rotatable bonds is 8. The van der Waals surface area contributed by atoms with Crippen LogP contribution in [0.1, 0.15) is 5.56 Å². The summed E-state index contributed by atoms with van der Waals surface area (Å²) in [6.45, 7) is -5.32.